The van der Waals surface area contributed by atoms with E-state index < -0.39 is 8.25 Å². The summed E-state index contributed by atoms with van der Waals surface area (Å²) in [5.74, 6) is 1.79. The van der Waals surface area contributed by atoms with Crippen molar-refractivity contribution in [2.45, 2.75) is 116 Å². The first-order chi connectivity index (χ1) is 21.5. The lowest BCUT2D eigenvalue weighted by Gasteiger charge is -2.08. The van der Waals surface area contributed by atoms with Crippen LogP contribution in [0.25, 0.3) is 0 Å². The van der Waals surface area contributed by atoms with E-state index in [1.807, 2.05) is 36.4 Å². The lowest BCUT2D eigenvalue weighted by Crippen LogP contribution is -1.98. The summed E-state index contributed by atoms with van der Waals surface area (Å²) in [5.41, 5.74) is 0. The second-order valence-electron chi connectivity index (χ2n) is 11.1. The van der Waals surface area contributed by atoms with Gasteiger partial charge < -0.3 is 9.47 Å². The third-order valence-corrected chi connectivity index (χ3v) is 10.4. The number of benzene rings is 2. The highest BCUT2D eigenvalue weighted by atomic mass is 79.9. The molecule has 2 aromatic rings. The molecule has 0 atom stereocenters. The second kappa shape index (κ2) is 27.0. The van der Waals surface area contributed by atoms with Crippen LogP contribution in [-0.2, 0) is 13.6 Å². The first kappa shape index (κ1) is 40.2. The molecule has 0 spiro atoms. The van der Waals surface area contributed by atoms with E-state index in [1.165, 1.54) is 77.0 Å². The lowest BCUT2D eigenvalue weighted by atomic mass is 10.1. The van der Waals surface area contributed by atoms with Crippen molar-refractivity contribution in [1.29, 1.82) is 0 Å². The highest BCUT2D eigenvalue weighted by Crippen LogP contribution is 2.30. The van der Waals surface area contributed by atoms with E-state index in [2.05, 4.69) is 63.7 Å². The summed E-state index contributed by atoms with van der Waals surface area (Å²) in [6.07, 6.45) is 21.3. The summed E-state index contributed by atoms with van der Waals surface area (Å²) in [6, 6.07) is 12.0. The smallest absolute Gasteiger partial charge is 0.492 e. The Balaban J connectivity index is 1.24. The van der Waals surface area contributed by atoms with Gasteiger partial charge in [-0.05, 0) is 93.9 Å². The maximum atomic E-state index is 11.9. The van der Waals surface area contributed by atoms with E-state index in [9.17, 15) is 4.57 Å². The maximum Gasteiger partial charge on any atom is 0.697 e. The summed E-state index contributed by atoms with van der Waals surface area (Å²) >= 11 is 14.0. The van der Waals surface area contributed by atoms with Crippen LogP contribution in [0.1, 0.15) is 116 Å². The van der Waals surface area contributed by atoms with Crippen molar-refractivity contribution < 1.29 is 23.1 Å². The molecule has 2 aromatic carbocycles. The zero-order valence-corrected chi connectivity index (χ0v) is 33.3. The molecule has 10 heteroatoms. The van der Waals surface area contributed by atoms with Gasteiger partial charge in [-0.3, -0.25) is 0 Å². The van der Waals surface area contributed by atoms with Gasteiger partial charge in [-0.15, -0.1) is 9.05 Å². The van der Waals surface area contributed by atoms with Gasteiger partial charge in [0, 0.05) is 13.5 Å². The molecule has 0 aliphatic heterocycles. The summed E-state index contributed by atoms with van der Waals surface area (Å²) in [7, 11) is -1.97. The Morgan fingerprint density at radius 1 is 0.432 bits per heavy atom. The Labute approximate surface area is 300 Å². The molecular formula is C34H50Br4O5P+. The molecular weight excluding hydrogens is 839 g/mol. The SMILES string of the molecule is O=[P+](OCCCCCCCCCCCOc1cc(Br)ccc1Br)OCCCCCCCCCCCOc1cc(Br)ccc1Br. The molecule has 0 radical (unpaired) electrons. The number of hydrogen-bond acceptors (Lipinski definition) is 5. The first-order valence-corrected chi connectivity index (χ1v) is 20.6. The number of halogens is 4. The summed E-state index contributed by atoms with van der Waals surface area (Å²) in [6.45, 7) is 2.56. The van der Waals surface area contributed by atoms with Gasteiger partial charge >= 0.3 is 8.25 Å². The van der Waals surface area contributed by atoms with Crippen molar-refractivity contribution in [2.24, 2.45) is 0 Å². The van der Waals surface area contributed by atoms with E-state index in [1.54, 1.807) is 0 Å². The monoisotopic (exact) mass is 885 g/mol. The highest BCUT2D eigenvalue weighted by Gasteiger charge is 2.19. The predicted octanol–water partition coefficient (Wildman–Crippen LogP) is 13.9. The highest BCUT2D eigenvalue weighted by molar-refractivity contribution is 9.11. The largest absolute Gasteiger partial charge is 0.697 e. The Bertz CT molecular complexity index is 963. The lowest BCUT2D eigenvalue weighted by molar-refractivity contribution is 0.218. The van der Waals surface area contributed by atoms with Crippen molar-refractivity contribution in [3.05, 3.63) is 54.3 Å². The Hall–Kier alpha value is -0.0200. The molecule has 0 amide bonds. The van der Waals surface area contributed by atoms with Gasteiger partial charge in [0.2, 0.25) is 0 Å². The molecule has 0 unspecified atom stereocenters. The molecule has 44 heavy (non-hydrogen) atoms. The maximum absolute atomic E-state index is 11.9. The topological polar surface area (TPSA) is 54.0 Å². The predicted molar refractivity (Wildman–Crippen MR) is 197 cm³/mol. The van der Waals surface area contributed by atoms with Gasteiger partial charge in [0.1, 0.15) is 24.7 Å². The number of rotatable bonds is 28. The molecule has 0 fully saturated rings. The van der Waals surface area contributed by atoms with Gasteiger partial charge in [-0.1, -0.05) is 122 Å². The molecule has 0 saturated carbocycles. The van der Waals surface area contributed by atoms with Crippen LogP contribution in [0.15, 0.2) is 54.3 Å². The number of ether oxygens (including phenoxy) is 2. The Morgan fingerprint density at radius 3 is 1.07 bits per heavy atom. The van der Waals surface area contributed by atoms with Crippen LogP contribution in [0.4, 0.5) is 0 Å². The Morgan fingerprint density at radius 2 is 0.727 bits per heavy atom. The molecule has 0 bridgehead atoms. The van der Waals surface area contributed by atoms with Gasteiger partial charge in [-0.25, -0.2) is 0 Å². The fraction of sp³-hybridized carbons (Fsp3) is 0.647. The minimum absolute atomic E-state index is 0.525. The average Bonchev–Trinajstić information content (AvgIpc) is 3.01. The first-order valence-electron chi connectivity index (χ1n) is 16.3. The van der Waals surface area contributed by atoms with Crippen LogP contribution in [-0.4, -0.2) is 26.4 Å². The normalized spacial score (nSPS) is 11.2. The van der Waals surface area contributed by atoms with E-state index in [0.717, 1.165) is 81.1 Å². The summed E-state index contributed by atoms with van der Waals surface area (Å²) in [5, 5.41) is 0. The molecule has 0 heterocycles. The third kappa shape index (κ3) is 21.0. The second-order valence-corrected chi connectivity index (χ2v) is 15.6. The molecule has 2 rings (SSSR count). The molecule has 5 nitrogen and oxygen atoms in total. The fourth-order valence-corrected chi connectivity index (χ4v) is 6.77. The van der Waals surface area contributed by atoms with E-state index in [4.69, 9.17) is 18.5 Å². The van der Waals surface area contributed by atoms with E-state index >= 15 is 0 Å². The van der Waals surface area contributed by atoms with Crippen molar-refractivity contribution in [3.63, 3.8) is 0 Å². The van der Waals surface area contributed by atoms with Gasteiger partial charge in [0.25, 0.3) is 0 Å². The molecule has 0 aliphatic rings. The van der Waals surface area contributed by atoms with Crippen LogP contribution in [0.2, 0.25) is 0 Å². The van der Waals surface area contributed by atoms with Crippen molar-refractivity contribution >= 4 is 72.0 Å². The zero-order chi connectivity index (χ0) is 31.7. The Kier molecular flexibility index (Phi) is 24.6. The van der Waals surface area contributed by atoms with Crippen LogP contribution in [0, 0.1) is 0 Å². The van der Waals surface area contributed by atoms with Gasteiger partial charge in [-0.2, -0.15) is 0 Å². The van der Waals surface area contributed by atoms with Crippen LogP contribution in [0.5, 0.6) is 11.5 Å². The van der Waals surface area contributed by atoms with Crippen molar-refractivity contribution in [3.8, 4) is 11.5 Å². The quantitative estimate of drug-likeness (QED) is 0.0629. The molecule has 0 aliphatic carbocycles. The van der Waals surface area contributed by atoms with Gasteiger partial charge in [0.15, 0.2) is 0 Å². The van der Waals surface area contributed by atoms with Crippen LogP contribution in [0.3, 0.4) is 0 Å². The van der Waals surface area contributed by atoms with Crippen molar-refractivity contribution in [1.82, 2.24) is 0 Å². The number of hydrogen-bond donors (Lipinski definition) is 0. The standard InChI is InChI=1S/C34H50Br4O5P/c35-29-19-21-31(37)33(27-29)40-23-15-11-7-3-1-5-9-13-17-25-42-44(39)43-26-18-14-10-6-2-4-8-12-16-24-41-34-28-30(36)20-22-32(34)38/h19-22,27-28H,1-18,23-26H2/q+1. The van der Waals surface area contributed by atoms with Crippen molar-refractivity contribution in [2.75, 3.05) is 26.4 Å². The summed E-state index contributed by atoms with van der Waals surface area (Å²) in [4.78, 5) is 0. The van der Waals surface area contributed by atoms with Crippen LogP contribution >= 0.6 is 72.0 Å². The van der Waals surface area contributed by atoms with Crippen LogP contribution < -0.4 is 9.47 Å². The third-order valence-electron chi connectivity index (χ3n) is 7.27. The average molecular weight is 889 g/mol. The fourth-order valence-electron chi connectivity index (χ4n) is 4.74. The van der Waals surface area contributed by atoms with E-state index in [0.29, 0.717) is 13.2 Å². The molecule has 0 saturated heterocycles. The molecule has 0 aromatic heterocycles. The van der Waals surface area contributed by atoms with E-state index in [-0.39, 0.29) is 0 Å². The molecule has 248 valence electrons. The number of unbranched alkanes of at least 4 members (excludes halogenated alkanes) is 16. The minimum atomic E-state index is -1.97. The molecule has 0 N–H and O–H groups in total. The van der Waals surface area contributed by atoms with Gasteiger partial charge in [0.05, 0.1) is 22.2 Å². The minimum Gasteiger partial charge on any atom is -0.492 e. The summed E-state index contributed by atoms with van der Waals surface area (Å²) < 4.78 is 38.4. The zero-order valence-electron chi connectivity index (χ0n) is 26.0.